The summed E-state index contributed by atoms with van der Waals surface area (Å²) in [6.07, 6.45) is 77.9. The summed E-state index contributed by atoms with van der Waals surface area (Å²) in [5.41, 5.74) is 0. The smallest absolute Gasteiger partial charge is 0.306 e. The van der Waals surface area contributed by atoms with Crippen LogP contribution in [0.3, 0.4) is 0 Å². The molecule has 9 nitrogen and oxygen atoms in total. The van der Waals surface area contributed by atoms with Crippen LogP contribution in [-0.4, -0.2) is 82.3 Å². The van der Waals surface area contributed by atoms with Crippen LogP contribution in [0, 0.1) is 0 Å². The Bertz CT molecular complexity index is 1340. The summed E-state index contributed by atoms with van der Waals surface area (Å²) in [4.78, 5) is 37.5. The summed E-state index contributed by atoms with van der Waals surface area (Å²) >= 11 is 0. The fourth-order valence-corrected chi connectivity index (χ4v) is 11.8. The molecule has 2 unspecified atom stereocenters. The van der Waals surface area contributed by atoms with Gasteiger partial charge in [0.2, 0.25) is 0 Å². The average molecular weight is 1190 g/mol. The molecule has 84 heavy (non-hydrogen) atoms. The maximum Gasteiger partial charge on any atom is 0.306 e. The Hall–Kier alpha value is -1.71. The molecular weight excluding hydrogens is 1040 g/mol. The second-order valence-electron chi connectivity index (χ2n) is 27.3. The Morgan fingerprint density at radius 2 is 0.536 bits per heavy atom. The summed E-state index contributed by atoms with van der Waals surface area (Å²) in [6.45, 7) is 4.85. The molecule has 0 spiro atoms. The van der Waals surface area contributed by atoms with Gasteiger partial charge in [0.05, 0.1) is 40.3 Å². The van der Waals surface area contributed by atoms with Crippen molar-refractivity contribution in [3.8, 4) is 0 Å². The molecule has 2 atom stereocenters. The molecule has 0 aromatic rings. The molecule has 0 aliphatic rings. The topological polar surface area (TPSA) is 111 Å². The highest BCUT2D eigenvalue weighted by Gasteiger charge is 2.22. The number of carboxylic acids is 1. The summed E-state index contributed by atoms with van der Waals surface area (Å²) in [5, 5.41) is 11.8. The lowest BCUT2D eigenvalue weighted by Crippen LogP contribution is -2.44. The highest BCUT2D eigenvalue weighted by molar-refractivity contribution is 5.70. The highest BCUT2D eigenvalue weighted by atomic mass is 16.7. The van der Waals surface area contributed by atoms with Gasteiger partial charge in [0, 0.05) is 12.8 Å². The molecule has 0 aliphatic carbocycles. The molecule has 9 heteroatoms. The van der Waals surface area contributed by atoms with E-state index in [4.69, 9.17) is 18.9 Å². The van der Waals surface area contributed by atoms with Crippen LogP contribution in [0.25, 0.3) is 0 Å². The zero-order valence-corrected chi connectivity index (χ0v) is 57.3. The van der Waals surface area contributed by atoms with Crippen LogP contribution in [0.4, 0.5) is 0 Å². The maximum absolute atomic E-state index is 12.9. The minimum Gasteiger partial charge on any atom is -0.545 e. The SMILES string of the molecule is CCCCCCCCCCCCCCCCCCCCCCCCCCCCCCCCCCC(=O)OC(COC(=O)CCCCCCCCCCCCCCCCCCCCCCCCCCCCC)COC(OCC[N+](C)(C)C)C(=O)[O-]. The highest BCUT2D eigenvalue weighted by Crippen LogP contribution is 2.20. The van der Waals surface area contributed by atoms with Gasteiger partial charge in [-0.05, 0) is 12.8 Å². The number of nitrogens with zero attached hydrogens (tertiary/aromatic N) is 1. The number of carbonyl (C=O) groups is 3. The van der Waals surface area contributed by atoms with E-state index in [0.29, 0.717) is 17.4 Å². The number of rotatable bonds is 72. The first kappa shape index (κ1) is 82.3. The lowest BCUT2D eigenvalue weighted by molar-refractivity contribution is -0.870. The van der Waals surface area contributed by atoms with Crippen molar-refractivity contribution in [1.82, 2.24) is 0 Å². The molecule has 0 aromatic carbocycles. The predicted octanol–water partition coefficient (Wildman–Crippen LogP) is 22.1. The Balaban J connectivity index is 3.99. The Kier molecular flexibility index (Phi) is 65.9. The molecule has 0 amide bonds. The molecular formula is C75H147NO8. The molecule has 0 bridgehead atoms. The fraction of sp³-hybridized carbons (Fsp3) is 0.960. The fourth-order valence-electron chi connectivity index (χ4n) is 11.8. The number of esters is 2. The zero-order valence-electron chi connectivity index (χ0n) is 57.3. The first-order valence-corrected chi connectivity index (χ1v) is 37.7. The largest absolute Gasteiger partial charge is 0.545 e. The van der Waals surface area contributed by atoms with Crippen LogP contribution in [-0.2, 0) is 33.3 Å². The van der Waals surface area contributed by atoms with Gasteiger partial charge in [-0.15, -0.1) is 0 Å². The third-order valence-electron chi connectivity index (χ3n) is 17.6. The standard InChI is InChI=1S/C75H147NO8/c1-6-8-10-12-14-16-18-20-22-24-26-28-30-32-34-35-36-37-38-40-42-44-46-48-50-52-54-56-58-60-62-64-66-73(78)84-71(70-83-75(74(79)80)81-68-67-76(3,4)5)69-82-72(77)65-63-61-59-57-55-53-51-49-47-45-43-41-39-33-31-29-27-25-23-21-19-17-15-13-11-9-7-2/h71,75H,6-70H2,1-5H3. The van der Waals surface area contributed by atoms with Crippen LogP contribution < -0.4 is 5.11 Å². The van der Waals surface area contributed by atoms with E-state index in [1.807, 2.05) is 21.1 Å². The third kappa shape index (κ3) is 67.8. The number of aliphatic carboxylic acids is 1. The number of hydrogen-bond donors (Lipinski definition) is 0. The Labute approximate surface area is 523 Å². The van der Waals surface area contributed by atoms with E-state index in [9.17, 15) is 19.5 Å². The number of carboxylic acid groups (broad SMARTS) is 1. The van der Waals surface area contributed by atoms with Gasteiger partial charge in [-0.25, -0.2) is 0 Å². The number of ether oxygens (including phenoxy) is 4. The van der Waals surface area contributed by atoms with Gasteiger partial charge < -0.3 is 33.3 Å². The monoisotopic (exact) mass is 1190 g/mol. The lowest BCUT2D eigenvalue weighted by atomic mass is 10.0. The van der Waals surface area contributed by atoms with Crippen molar-refractivity contribution >= 4 is 17.9 Å². The number of carbonyl (C=O) groups excluding carboxylic acids is 3. The summed E-state index contributed by atoms with van der Waals surface area (Å²) in [5.74, 6) is -2.24. The van der Waals surface area contributed by atoms with Gasteiger partial charge in [0.25, 0.3) is 0 Å². The molecule has 0 aromatic heterocycles. The molecule has 0 fully saturated rings. The molecule has 0 N–H and O–H groups in total. The number of unbranched alkanes of at least 4 members (excludes halogenated alkanes) is 57. The van der Waals surface area contributed by atoms with Crippen molar-refractivity contribution in [2.75, 3.05) is 47.5 Å². The first-order chi connectivity index (χ1) is 41.1. The predicted molar refractivity (Wildman–Crippen MR) is 357 cm³/mol. The van der Waals surface area contributed by atoms with Gasteiger partial charge in [-0.1, -0.05) is 380 Å². The van der Waals surface area contributed by atoms with Gasteiger partial charge >= 0.3 is 11.9 Å². The maximum atomic E-state index is 12.9. The van der Waals surface area contributed by atoms with E-state index in [1.54, 1.807) is 0 Å². The van der Waals surface area contributed by atoms with Gasteiger partial charge in [0.1, 0.15) is 13.2 Å². The van der Waals surface area contributed by atoms with Crippen LogP contribution in [0.5, 0.6) is 0 Å². The first-order valence-electron chi connectivity index (χ1n) is 37.7. The molecule has 0 saturated heterocycles. The number of quaternary nitrogens is 1. The molecule has 0 rings (SSSR count). The second-order valence-corrected chi connectivity index (χ2v) is 27.3. The van der Waals surface area contributed by atoms with Crippen LogP contribution in [0.1, 0.15) is 406 Å². The van der Waals surface area contributed by atoms with E-state index in [1.165, 1.54) is 340 Å². The Morgan fingerprint density at radius 3 is 0.762 bits per heavy atom. The molecule has 0 aliphatic heterocycles. The lowest BCUT2D eigenvalue weighted by Gasteiger charge is -2.26. The minimum atomic E-state index is -1.62. The van der Waals surface area contributed by atoms with Crippen molar-refractivity contribution < 1.29 is 42.9 Å². The van der Waals surface area contributed by atoms with E-state index in [2.05, 4.69) is 13.8 Å². The third-order valence-corrected chi connectivity index (χ3v) is 17.6. The molecule has 0 heterocycles. The second kappa shape index (κ2) is 67.2. The number of likely N-dealkylation sites (N-methyl/N-ethyl adjacent to an activating group) is 1. The van der Waals surface area contributed by atoms with Gasteiger partial charge in [-0.3, -0.25) is 9.59 Å². The number of hydrogen-bond acceptors (Lipinski definition) is 8. The van der Waals surface area contributed by atoms with Crippen molar-refractivity contribution in [2.45, 2.75) is 418 Å². The quantitative estimate of drug-likeness (QED) is 0.0256. The zero-order chi connectivity index (χ0) is 61.2. The van der Waals surface area contributed by atoms with Crippen LogP contribution in [0.2, 0.25) is 0 Å². The summed E-state index contributed by atoms with van der Waals surface area (Å²) in [6, 6.07) is 0. The summed E-state index contributed by atoms with van der Waals surface area (Å²) < 4.78 is 22.9. The van der Waals surface area contributed by atoms with E-state index in [0.717, 1.165) is 38.5 Å². The van der Waals surface area contributed by atoms with E-state index in [-0.39, 0.29) is 32.2 Å². The minimum absolute atomic E-state index is 0.154. The molecule has 0 saturated carbocycles. The summed E-state index contributed by atoms with van der Waals surface area (Å²) in [7, 11) is 5.95. The normalized spacial score (nSPS) is 12.5. The van der Waals surface area contributed by atoms with Gasteiger partial charge in [-0.2, -0.15) is 0 Å². The Morgan fingerprint density at radius 1 is 0.310 bits per heavy atom. The van der Waals surface area contributed by atoms with Crippen molar-refractivity contribution in [3.63, 3.8) is 0 Å². The van der Waals surface area contributed by atoms with Crippen LogP contribution >= 0.6 is 0 Å². The molecule has 0 radical (unpaired) electrons. The van der Waals surface area contributed by atoms with Crippen molar-refractivity contribution in [2.24, 2.45) is 0 Å². The van der Waals surface area contributed by atoms with E-state index < -0.39 is 24.3 Å². The van der Waals surface area contributed by atoms with Crippen molar-refractivity contribution in [1.29, 1.82) is 0 Å². The van der Waals surface area contributed by atoms with Crippen molar-refractivity contribution in [3.05, 3.63) is 0 Å². The van der Waals surface area contributed by atoms with E-state index >= 15 is 0 Å². The van der Waals surface area contributed by atoms with Crippen LogP contribution in [0.15, 0.2) is 0 Å². The average Bonchev–Trinajstić information content (AvgIpc) is 3.55. The molecule has 500 valence electrons. The van der Waals surface area contributed by atoms with Gasteiger partial charge in [0.15, 0.2) is 12.4 Å².